The van der Waals surface area contributed by atoms with Crippen LogP contribution >= 0.6 is 0 Å². The van der Waals surface area contributed by atoms with Crippen LogP contribution in [0.4, 0.5) is 34.1 Å². The fourth-order valence-corrected chi connectivity index (χ4v) is 9.48. The number of benzene rings is 9. The summed E-state index contributed by atoms with van der Waals surface area (Å²) in [4.78, 5) is 4.79. The van der Waals surface area contributed by atoms with Gasteiger partial charge in [-0.25, -0.2) is 0 Å². The highest BCUT2D eigenvalue weighted by Crippen LogP contribution is 2.39. The maximum atomic E-state index is 2.45. The number of hydrogen-bond donors (Lipinski definition) is 0. The Morgan fingerprint density at radius 2 is 0.610 bits per heavy atom. The Labute approximate surface area is 347 Å². The second-order valence-electron chi connectivity index (χ2n) is 15.7. The molecule has 0 aromatic heterocycles. The molecule has 0 N–H and O–H groups in total. The van der Waals surface area contributed by atoms with E-state index in [1.165, 1.54) is 72.3 Å². The third-order valence-electron chi connectivity index (χ3n) is 12.2. The van der Waals surface area contributed by atoms with E-state index >= 15 is 0 Å². The van der Waals surface area contributed by atoms with E-state index in [0.29, 0.717) is 0 Å². The van der Waals surface area contributed by atoms with Crippen LogP contribution in [0, 0.1) is 0 Å². The lowest BCUT2D eigenvalue weighted by atomic mass is 9.30. The van der Waals surface area contributed by atoms with Gasteiger partial charge in [-0.3, -0.25) is 0 Å². The van der Waals surface area contributed by atoms with E-state index in [0.717, 1.165) is 35.6 Å². The minimum atomic E-state index is 0.183. The van der Waals surface area contributed by atoms with Crippen molar-refractivity contribution in [3.05, 3.63) is 247 Å². The predicted molar refractivity (Wildman–Crippen MR) is 250 cm³/mol. The van der Waals surface area contributed by atoms with Crippen molar-refractivity contribution in [2.24, 2.45) is 0 Å². The first-order chi connectivity index (χ1) is 29.2. The second-order valence-corrected chi connectivity index (χ2v) is 15.7. The molecule has 11 rings (SSSR count). The van der Waals surface area contributed by atoms with Crippen molar-refractivity contribution < 1.29 is 0 Å². The average Bonchev–Trinajstić information content (AvgIpc) is 3.31. The molecule has 0 aliphatic carbocycles. The summed E-state index contributed by atoms with van der Waals surface area (Å²) in [5.74, 6) is 0. The molecule has 9 aromatic carbocycles. The van der Waals surface area contributed by atoms with Crippen LogP contribution in [-0.4, -0.2) is 6.71 Å². The SMILES string of the molecule is c1ccc(-c2ccc(N(c3ccccc3)c3ccc4c(c3)Cc3cccc5c3B4c3ccc(N(c4ccccc4)c4ccc(-c6ccccc6)cc4)cc3C5)cc2)cc1. The molecule has 59 heavy (non-hydrogen) atoms. The van der Waals surface area contributed by atoms with E-state index in [1.54, 1.807) is 0 Å². The monoisotopic (exact) mass is 752 g/mol. The molecule has 0 saturated heterocycles. The van der Waals surface area contributed by atoms with Crippen molar-refractivity contribution in [1.29, 1.82) is 0 Å². The first-order valence-electron chi connectivity index (χ1n) is 20.6. The van der Waals surface area contributed by atoms with Crippen LogP contribution in [0.2, 0.25) is 0 Å². The third kappa shape index (κ3) is 6.42. The van der Waals surface area contributed by atoms with Crippen molar-refractivity contribution in [2.45, 2.75) is 12.8 Å². The normalized spacial score (nSPS) is 12.2. The fraction of sp³-hybridized carbons (Fsp3) is 0.0357. The molecular weight excluding hydrogens is 711 g/mol. The Kier molecular flexibility index (Phi) is 8.78. The van der Waals surface area contributed by atoms with Gasteiger partial charge in [-0.2, -0.15) is 0 Å². The van der Waals surface area contributed by atoms with Crippen LogP contribution in [0.1, 0.15) is 22.3 Å². The zero-order valence-electron chi connectivity index (χ0n) is 32.7. The van der Waals surface area contributed by atoms with Gasteiger partial charge in [-0.1, -0.05) is 168 Å². The lowest BCUT2D eigenvalue weighted by molar-refractivity contribution is 1.14. The van der Waals surface area contributed by atoms with Gasteiger partial charge in [0.15, 0.2) is 0 Å². The fourth-order valence-electron chi connectivity index (χ4n) is 9.48. The quantitative estimate of drug-likeness (QED) is 0.143. The highest BCUT2D eigenvalue weighted by molar-refractivity contribution is 6.97. The van der Waals surface area contributed by atoms with Crippen LogP contribution < -0.4 is 26.2 Å². The number of anilines is 6. The van der Waals surface area contributed by atoms with Crippen LogP contribution in [0.5, 0.6) is 0 Å². The third-order valence-corrected chi connectivity index (χ3v) is 12.2. The number of fused-ring (bicyclic) bond motifs is 4. The van der Waals surface area contributed by atoms with Gasteiger partial charge in [-0.05, 0) is 130 Å². The van der Waals surface area contributed by atoms with Crippen LogP contribution in [-0.2, 0) is 12.8 Å². The summed E-state index contributed by atoms with van der Waals surface area (Å²) < 4.78 is 0. The molecule has 2 nitrogen and oxygen atoms in total. The Morgan fingerprint density at radius 3 is 1.02 bits per heavy atom. The maximum absolute atomic E-state index is 2.45. The molecular formula is C56H41BN2. The molecule has 9 aromatic rings. The van der Waals surface area contributed by atoms with Gasteiger partial charge in [0.1, 0.15) is 0 Å². The Hall–Kier alpha value is -7.36. The molecule has 2 aliphatic heterocycles. The van der Waals surface area contributed by atoms with Gasteiger partial charge in [0.2, 0.25) is 6.71 Å². The molecule has 2 heterocycles. The second kappa shape index (κ2) is 14.9. The lowest BCUT2D eigenvalue weighted by Crippen LogP contribution is -2.61. The number of hydrogen-bond acceptors (Lipinski definition) is 2. The standard InChI is InChI=1S/C56H41BN2/c1-5-14-40(15-6-1)42-24-28-50(29-25-42)58(48-20-9-3-10-21-48)52-32-34-54-46(38-52)36-44-18-13-19-45-37-47-39-53(33-35-55(47)57(54)56(44)45)59(49-22-11-4-12-23-49)51-30-26-43(27-31-51)41-16-7-2-8-17-41/h1-35,38-39H,36-37H2. The molecule has 0 amide bonds. The van der Waals surface area contributed by atoms with Gasteiger partial charge in [0.25, 0.3) is 0 Å². The first-order valence-corrected chi connectivity index (χ1v) is 20.6. The molecule has 0 bridgehead atoms. The van der Waals surface area contributed by atoms with E-state index in [1.807, 2.05) is 0 Å². The van der Waals surface area contributed by atoms with Gasteiger partial charge < -0.3 is 9.80 Å². The van der Waals surface area contributed by atoms with E-state index in [4.69, 9.17) is 0 Å². The Morgan fingerprint density at radius 1 is 0.271 bits per heavy atom. The molecule has 0 fully saturated rings. The number of para-hydroxylation sites is 2. The van der Waals surface area contributed by atoms with Crippen molar-refractivity contribution in [3.63, 3.8) is 0 Å². The maximum Gasteiger partial charge on any atom is 0.242 e. The molecule has 0 unspecified atom stereocenters. The van der Waals surface area contributed by atoms with Gasteiger partial charge in [0, 0.05) is 34.1 Å². The summed E-state index contributed by atoms with van der Waals surface area (Å²) in [5.41, 5.74) is 21.8. The molecule has 0 saturated carbocycles. The van der Waals surface area contributed by atoms with Crippen LogP contribution in [0.15, 0.2) is 224 Å². The summed E-state index contributed by atoms with van der Waals surface area (Å²) in [6.45, 7) is 0.183. The Bertz CT molecular complexity index is 2710. The smallest absolute Gasteiger partial charge is 0.242 e. The zero-order valence-corrected chi connectivity index (χ0v) is 32.7. The van der Waals surface area contributed by atoms with Crippen molar-refractivity contribution in [2.75, 3.05) is 9.80 Å². The first kappa shape index (κ1) is 34.9. The molecule has 2 aliphatic rings. The molecule has 0 radical (unpaired) electrons. The summed E-state index contributed by atoms with van der Waals surface area (Å²) in [7, 11) is 0. The predicted octanol–water partition coefficient (Wildman–Crippen LogP) is 12.3. The average molecular weight is 753 g/mol. The summed E-state index contributed by atoms with van der Waals surface area (Å²) >= 11 is 0. The highest BCUT2D eigenvalue weighted by atomic mass is 15.1. The minimum Gasteiger partial charge on any atom is -0.310 e. The largest absolute Gasteiger partial charge is 0.310 e. The molecule has 0 atom stereocenters. The summed E-state index contributed by atoms with van der Waals surface area (Å²) in [6.07, 6.45) is 1.85. The summed E-state index contributed by atoms with van der Waals surface area (Å²) in [5, 5.41) is 0. The van der Waals surface area contributed by atoms with Crippen molar-refractivity contribution >= 4 is 57.2 Å². The molecule has 278 valence electrons. The van der Waals surface area contributed by atoms with E-state index in [2.05, 4.69) is 234 Å². The van der Waals surface area contributed by atoms with Crippen LogP contribution in [0.3, 0.4) is 0 Å². The highest BCUT2D eigenvalue weighted by Gasteiger charge is 2.37. The molecule has 0 spiro atoms. The zero-order chi connectivity index (χ0) is 39.1. The number of rotatable bonds is 8. The van der Waals surface area contributed by atoms with Gasteiger partial charge in [-0.15, -0.1) is 0 Å². The van der Waals surface area contributed by atoms with Crippen LogP contribution in [0.25, 0.3) is 22.3 Å². The summed E-state index contributed by atoms with van der Waals surface area (Å²) in [6, 6.07) is 82.1. The van der Waals surface area contributed by atoms with Crippen molar-refractivity contribution in [1.82, 2.24) is 0 Å². The lowest BCUT2D eigenvalue weighted by Gasteiger charge is -2.36. The molecule has 3 heteroatoms. The topological polar surface area (TPSA) is 6.48 Å². The van der Waals surface area contributed by atoms with E-state index in [9.17, 15) is 0 Å². The number of nitrogens with zero attached hydrogens (tertiary/aromatic N) is 2. The van der Waals surface area contributed by atoms with Crippen molar-refractivity contribution in [3.8, 4) is 22.3 Å². The van der Waals surface area contributed by atoms with Gasteiger partial charge in [0.05, 0.1) is 0 Å². The minimum absolute atomic E-state index is 0.183. The van der Waals surface area contributed by atoms with E-state index < -0.39 is 0 Å². The van der Waals surface area contributed by atoms with Gasteiger partial charge >= 0.3 is 0 Å². The van der Waals surface area contributed by atoms with E-state index in [-0.39, 0.29) is 6.71 Å². The Balaban J connectivity index is 0.985.